The lowest BCUT2D eigenvalue weighted by molar-refractivity contribution is -0.112. The van der Waals surface area contributed by atoms with Gasteiger partial charge in [-0.3, -0.25) is 10.1 Å². The highest BCUT2D eigenvalue weighted by Gasteiger charge is 2.18. The molecule has 13 heteroatoms. The van der Waals surface area contributed by atoms with E-state index in [9.17, 15) is 23.3 Å². The third kappa shape index (κ3) is 5.96. The number of nitrogens with one attached hydrogen (secondary N) is 1. The van der Waals surface area contributed by atoms with Crippen LogP contribution in [0.5, 0.6) is 11.5 Å². The van der Waals surface area contributed by atoms with Crippen molar-refractivity contribution in [2.45, 2.75) is 5.16 Å². The number of hydrogen-bond acceptors (Lipinski definition) is 10. The first kappa shape index (κ1) is 24.8. The Kier molecular flexibility index (Phi) is 7.62. The summed E-state index contributed by atoms with van der Waals surface area (Å²) in [4.78, 5) is 28.6. The highest BCUT2D eigenvalue weighted by Crippen LogP contribution is 2.30. The van der Waals surface area contributed by atoms with Gasteiger partial charge in [-0.1, -0.05) is 29.8 Å². The number of methoxy groups -OCH3 is 1. The molecule has 0 saturated heterocycles. The first-order chi connectivity index (χ1) is 16.1. The van der Waals surface area contributed by atoms with Gasteiger partial charge in [-0.25, -0.2) is 13.2 Å². The molecule has 34 heavy (non-hydrogen) atoms. The van der Waals surface area contributed by atoms with Crippen molar-refractivity contribution in [3.05, 3.63) is 64.2 Å². The first-order valence-electron chi connectivity index (χ1n) is 9.24. The molecule has 174 valence electrons. The van der Waals surface area contributed by atoms with Crippen LogP contribution in [0.2, 0.25) is 5.02 Å². The Hall–Kier alpha value is -3.79. The summed E-state index contributed by atoms with van der Waals surface area (Å²) in [5.74, 6) is -1.22. The lowest BCUT2D eigenvalue weighted by Crippen LogP contribution is -2.13. The second kappa shape index (κ2) is 10.4. The van der Waals surface area contributed by atoms with Crippen LogP contribution in [-0.2, 0) is 14.6 Å². The van der Waals surface area contributed by atoms with Gasteiger partial charge in [0, 0.05) is 17.8 Å². The fourth-order valence-corrected chi connectivity index (χ4v) is 4.18. The maximum atomic E-state index is 12.4. The number of rotatable bonds is 7. The fraction of sp³-hybridized carbons (Fsp3) is 0.0952. The fourth-order valence-electron chi connectivity index (χ4n) is 2.53. The molecule has 0 aliphatic carbocycles. The molecule has 0 unspecified atom stereocenters. The smallest absolute Gasteiger partial charge is 0.345 e. The number of carbonyl (C=O) groups excluding carboxylic acids is 2. The molecule has 0 saturated carbocycles. The average Bonchev–Trinajstić information content (AvgIpc) is 3.27. The summed E-state index contributed by atoms with van der Waals surface area (Å²) in [6.07, 6.45) is 2.21. The van der Waals surface area contributed by atoms with E-state index in [1.165, 1.54) is 37.5 Å². The van der Waals surface area contributed by atoms with Crippen LogP contribution in [0.15, 0.2) is 53.2 Å². The molecule has 0 spiro atoms. The normalized spacial score (nSPS) is 11.4. The molecule has 0 aliphatic heterocycles. The highest BCUT2D eigenvalue weighted by atomic mass is 35.5. The van der Waals surface area contributed by atoms with Crippen LogP contribution in [0.25, 0.3) is 6.08 Å². The third-order valence-electron chi connectivity index (χ3n) is 4.12. The number of benzene rings is 2. The SMILES string of the molecule is COc1cc(C=C(C#N)C(=O)Nc2nc(S(C)(=O)=O)ns2)ccc1OC(=O)c1ccccc1Cl. The number of nitriles is 1. The standard InChI is InChI=1S/C21H15ClN4O6S2/c1-31-17-10-12(7-8-16(17)32-19(28)14-5-3-4-6-15(14)22)9-13(11-23)18(27)24-20-25-21(26-33-20)34(2,29)30/h3-10H,1-2H3,(H,24,25,26,27). The minimum Gasteiger partial charge on any atom is -0.493 e. The van der Waals surface area contributed by atoms with E-state index in [0.29, 0.717) is 17.1 Å². The number of halogens is 1. The zero-order chi connectivity index (χ0) is 24.9. The van der Waals surface area contributed by atoms with E-state index < -0.39 is 26.9 Å². The Bertz CT molecular complexity index is 1440. The summed E-state index contributed by atoms with van der Waals surface area (Å²) in [7, 11) is -2.27. The summed E-state index contributed by atoms with van der Waals surface area (Å²) in [6, 6.07) is 12.6. The number of nitrogens with zero attached hydrogens (tertiary/aromatic N) is 3. The van der Waals surface area contributed by atoms with Crippen molar-refractivity contribution in [1.29, 1.82) is 5.26 Å². The Balaban J connectivity index is 1.80. The highest BCUT2D eigenvalue weighted by molar-refractivity contribution is 7.90. The van der Waals surface area contributed by atoms with Gasteiger partial charge in [-0.05, 0) is 35.9 Å². The van der Waals surface area contributed by atoms with E-state index >= 15 is 0 Å². The quantitative estimate of drug-likeness (QED) is 0.215. The van der Waals surface area contributed by atoms with E-state index in [1.54, 1.807) is 24.3 Å². The predicted octanol–water partition coefficient (Wildman–Crippen LogP) is 3.37. The van der Waals surface area contributed by atoms with E-state index in [2.05, 4.69) is 14.7 Å². The molecule has 1 amide bonds. The Morgan fingerprint density at radius 3 is 2.56 bits per heavy atom. The molecule has 3 aromatic rings. The van der Waals surface area contributed by atoms with Crippen molar-refractivity contribution >= 4 is 56.1 Å². The summed E-state index contributed by atoms with van der Waals surface area (Å²) < 4.78 is 37.2. The minimum absolute atomic E-state index is 0.0778. The largest absolute Gasteiger partial charge is 0.493 e. The van der Waals surface area contributed by atoms with E-state index in [0.717, 1.165) is 6.26 Å². The second-order valence-corrected chi connectivity index (χ2v) is 9.63. The van der Waals surface area contributed by atoms with Crippen molar-refractivity contribution < 1.29 is 27.5 Å². The maximum absolute atomic E-state index is 12.4. The van der Waals surface area contributed by atoms with Gasteiger partial charge in [-0.15, -0.1) is 0 Å². The van der Waals surface area contributed by atoms with E-state index in [1.807, 2.05) is 0 Å². The zero-order valence-corrected chi connectivity index (χ0v) is 20.0. The van der Waals surface area contributed by atoms with Gasteiger partial charge < -0.3 is 9.47 Å². The van der Waals surface area contributed by atoms with Crippen LogP contribution < -0.4 is 14.8 Å². The minimum atomic E-state index is -3.63. The number of hydrogen-bond donors (Lipinski definition) is 1. The zero-order valence-electron chi connectivity index (χ0n) is 17.6. The molecule has 0 aliphatic rings. The van der Waals surface area contributed by atoms with Crippen molar-refractivity contribution in [2.24, 2.45) is 0 Å². The van der Waals surface area contributed by atoms with Crippen LogP contribution in [0, 0.1) is 11.3 Å². The second-order valence-electron chi connectivity index (χ2n) is 6.56. The van der Waals surface area contributed by atoms with Gasteiger partial charge in [0.2, 0.25) is 15.0 Å². The number of anilines is 1. The van der Waals surface area contributed by atoms with E-state index in [4.69, 9.17) is 21.1 Å². The molecular weight excluding hydrogens is 504 g/mol. The van der Waals surface area contributed by atoms with Gasteiger partial charge in [0.15, 0.2) is 11.5 Å². The number of ether oxygens (including phenoxy) is 2. The Morgan fingerprint density at radius 1 is 1.21 bits per heavy atom. The van der Waals surface area contributed by atoms with Gasteiger partial charge in [-0.2, -0.15) is 14.6 Å². The van der Waals surface area contributed by atoms with Crippen molar-refractivity contribution in [3.8, 4) is 17.6 Å². The van der Waals surface area contributed by atoms with Crippen molar-refractivity contribution in [3.63, 3.8) is 0 Å². The Labute approximate surface area is 203 Å². The summed E-state index contributed by atoms with van der Waals surface area (Å²) in [5.41, 5.74) is 0.281. The van der Waals surface area contributed by atoms with Crippen LogP contribution in [0.4, 0.5) is 5.13 Å². The number of aromatic nitrogens is 2. The summed E-state index contributed by atoms with van der Waals surface area (Å²) in [6.45, 7) is 0. The van der Waals surface area contributed by atoms with Gasteiger partial charge in [0.1, 0.15) is 11.6 Å². The van der Waals surface area contributed by atoms with Crippen LogP contribution in [-0.4, -0.2) is 43.0 Å². The molecule has 10 nitrogen and oxygen atoms in total. The summed E-state index contributed by atoms with van der Waals surface area (Å²) in [5, 5.41) is 11.5. The van der Waals surface area contributed by atoms with Crippen LogP contribution in [0.3, 0.4) is 0 Å². The lowest BCUT2D eigenvalue weighted by atomic mass is 10.1. The van der Waals surface area contributed by atoms with E-state index in [-0.39, 0.29) is 32.8 Å². The predicted molar refractivity (Wildman–Crippen MR) is 125 cm³/mol. The first-order valence-corrected chi connectivity index (χ1v) is 12.3. The molecule has 3 rings (SSSR count). The average molecular weight is 519 g/mol. The lowest BCUT2D eigenvalue weighted by Gasteiger charge is -2.11. The number of amides is 1. The molecule has 1 aromatic heterocycles. The third-order valence-corrected chi connectivity index (χ3v) is 6.04. The molecule has 0 fully saturated rings. The van der Waals surface area contributed by atoms with Gasteiger partial charge in [0.25, 0.3) is 11.1 Å². The number of sulfone groups is 1. The molecule has 0 radical (unpaired) electrons. The van der Waals surface area contributed by atoms with Crippen molar-refractivity contribution in [1.82, 2.24) is 9.36 Å². The molecular formula is C21H15ClN4O6S2. The van der Waals surface area contributed by atoms with Gasteiger partial charge in [0.05, 0.1) is 17.7 Å². The number of carbonyl (C=O) groups is 2. The summed E-state index contributed by atoms with van der Waals surface area (Å²) >= 11 is 6.69. The molecule has 0 atom stereocenters. The van der Waals surface area contributed by atoms with Crippen LogP contribution >= 0.6 is 23.1 Å². The van der Waals surface area contributed by atoms with Gasteiger partial charge >= 0.3 is 5.97 Å². The molecule has 2 aromatic carbocycles. The topological polar surface area (TPSA) is 148 Å². The Morgan fingerprint density at radius 2 is 1.94 bits per heavy atom. The van der Waals surface area contributed by atoms with Crippen LogP contribution in [0.1, 0.15) is 15.9 Å². The molecule has 1 heterocycles. The molecule has 1 N–H and O–H groups in total. The maximum Gasteiger partial charge on any atom is 0.345 e. The monoisotopic (exact) mass is 518 g/mol. The molecule has 0 bridgehead atoms. The number of esters is 1. The van der Waals surface area contributed by atoms with Crippen molar-refractivity contribution in [2.75, 3.05) is 18.7 Å².